The minimum absolute atomic E-state index is 0.203. The van der Waals surface area contributed by atoms with E-state index in [2.05, 4.69) is 133 Å². The Morgan fingerprint density at radius 2 is 0.720 bits per heavy atom. The second kappa shape index (κ2) is 16.7. The molecule has 0 bridgehead atoms. The molecule has 3 saturated heterocycles. The average molecular weight is 700 g/mol. The van der Waals surface area contributed by atoms with Gasteiger partial charge in [-0.15, -0.1) is 0 Å². The van der Waals surface area contributed by atoms with Crippen molar-refractivity contribution in [2.75, 3.05) is 21.1 Å². The maximum atomic E-state index is 2.76. The highest BCUT2D eigenvalue weighted by Gasteiger charge is 2.61. The van der Waals surface area contributed by atoms with Crippen LogP contribution in [0.2, 0.25) is 0 Å². The summed E-state index contributed by atoms with van der Waals surface area (Å²) in [5.41, 5.74) is 1.61. The van der Waals surface area contributed by atoms with Crippen molar-refractivity contribution < 1.29 is 0 Å². The van der Waals surface area contributed by atoms with E-state index in [1.54, 1.807) is 0 Å². The first-order valence-corrected chi connectivity index (χ1v) is 22.1. The smallest absolute Gasteiger partial charge is 0.0158 e. The molecule has 0 N–H and O–H groups in total. The highest BCUT2D eigenvalue weighted by Crippen LogP contribution is 2.64. The van der Waals surface area contributed by atoms with E-state index in [1.165, 1.54) is 122 Å². The topological polar surface area (TPSA) is 9.72 Å². The number of nitrogens with zero attached hydrogens (tertiary/aromatic N) is 3. The van der Waals surface area contributed by atoms with E-state index in [9.17, 15) is 0 Å². The van der Waals surface area contributed by atoms with Gasteiger partial charge in [0.2, 0.25) is 0 Å². The molecule has 0 aromatic carbocycles. The van der Waals surface area contributed by atoms with E-state index in [0.29, 0.717) is 5.41 Å². The molecular formula is C47H93N3. The fraction of sp³-hybridized carbons (Fsp3) is 1.00. The lowest BCUT2D eigenvalue weighted by Crippen LogP contribution is -2.67. The third kappa shape index (κ3) is 9.75. The summed E-state index contributed by atoms with van der Waals surface area (Å²) >= 11 is 0. The molecule has 296 valence electrons. The van der Waals surface area contributed by atoms with E-state index in [1.807, 2.05) is 0 Å². The zero-order valence-electron chi connectivity index (χ0n) is 37.6. The molecule has 3 rings (SSSR count). The van der Waals surface area contributed by atoms with Crippen molar-refractivity contribution in [3.63, 3.8) is 0 Å². The van der Waals surface area contributed by atoms with E-state index < -0.39 is 0 Å². The Hall–Kier alpha value is -0.120. The summed E-state index contributed by atoms with van der Waals surface area (Å²) in [7, 11) is 7.28. The second-order valence-electron chi connectivity index (χ2n) is 22.3. The molecule has 3 aliphatic heterocycles. The van der Waals surface area contributed by atoms with Crippen molar-refractivity contribution in [2.24, 2.45) is 29.1 Å². The van der Waals surface area contributed by atoms with Crippen LogP contribution in [0.4, 0.5) is 0 Å². The van der Waals surface area contributed by atoms with Gasteiger partial charge in [0.25, 0.3) is 0 Å². The van der Waals surface area contributed by atoms with Crippen LogP contribution in [0.15, 0.2) is 0 Å². The Morgan fingerprint density at radius 3 is 1.02 bits per heavy atom. The first kappa shape index (κ1) is 44.3. The van der Waals surface area contributed by atoms with E-state index in [-0.39, 0.29) is 33.2 Å². The fourth-order valence-electron chi connectivity index (χ4n) is 13.0. The molecule has 0 amide bonds. The zero-order chi connectivity index (χ0) is 38.0. The monoisotopic (exact) mass is 700 g/mol. The number of likely N-dealkylation sites (tertiary alicyclic amines) is 3. The minimum atomic E-state index is 0.203. The van der Waals surface area contributed by atoms with Gasteiger partial charge in [-0.2, -0.15) is 0 Å². The van der Waals surface area contributed by atoms with Crippen molar-refractivity contribution >= 4 is 0 Å². The van der Waals surface area contributed by atoms with E-state index in [0.717, 1.165) is 23.7 Å². The second-order valence-corrected chi connectivity index (χ2v) is 22.3. The maximum Gasteiger partial charge on any atom is 0.0158 e. The van der Waals surface area contributed by atoms with Crippen LogP contribution in [0.1, 0.15) is 219 Å². The molecule has 3 fully saturated rings. The van der Waals surface area contributed by atoms with Gasteiger partial charge < -0.3 is 0 Å². The van der Waals surface area contributed by atoms with E-state index in [4.69, 9.17) is 0 Å². The number of unbranched alkanes of at least 4 members (excludes halogenated alkanes) is 10. The first-order valence-electron chi connectivity index (χ1n) is 22.1. The van der Waals surface area contributed by atoms with Gasteiger partial charge in [0.1, 0.15) is 0 Å². The summed E-state index contributed by atoms with van der Waals surface area (Å²) in [4.78, 5) is 8.25. The van der Waals surface area contributed by atoms with Gasteiger partial charge in [-0.3, -0.25) is 14.7 Å². The fourth-order valence-corrected chi connectivity index (χ4v) is 13.0. The van der Waals surface area contributed by atoms with Crippen LogP contribution in [-0.4, -0.2) is 69.1 Å². The Labute approximate surface area is 316 Å². The third-order valence-electron chi connectivity index (χ3n) is 16.4. The lowest BCUT2D eigenvalue weighted by atomic mass is 9.45. The van der Waals surface area contributed by atoms with Crippen molar-refractivity contribution in [1.82, 2.24) is 14.7 Å². The molecule has 0 aliphatic carbocycles. The van der Waals surface area contributed by atoms with Crippen LogP contribution >= 0.6 is 0 Å². The van der Waals surface area contributed by atoms with Crippen LogP contribution in [-0.2, 0) is 0 Å². The molecule has 3 heterocycles. The molecule has 1 unspecified atom stereocenters. The van der Waals surface area contributed by atoms with Crippen LogP contribution in [0.5, 0.6) is 0 Å². The standard InChI is InChI=1S/C47H93N3/c1-18-20-21-22-23-24-25-26-27-28-29-30-47(38-33-43(7,8)49(16)44(9,10)34-38,39-35-45(11,12)50(17)46(13,14)36-39)40(19-2)37-31-41(3,4)48(15)42(5,6)32-37/h37-40H,18-36H2,1-17H3. The lowest BCUT2D eigenvalue weighted by molar-refractivity contribution is -0.168. The molecule has 0 saturated carbocycles. The van der Waals surface area contributed by atoms with Crippen LogP contribution in [0.25, 0.3) is 0 Å². The summed E-state index contributed by atoms with van der Waals surface area (Å²) in [5, 5.41) is 0. The Balaban J connectivity index is 2.09. The largest absolute Gasteiger partial charge is 0.296 e. The molecule has 3 aliphatic rings. The molecule has 1 atom stereocenters. The molecule has 3 heteroatoms. The molecule has 3 nitrogen and oxygen atoms in total. The van der Waals surface area contributed by atoms with Gasteiger partial charge in [0, 0.05) is 33.2 Å². The van der Waals surface area contributed by atoms with Crippen molar-refractivity contribution in [3.05, 3.63) is 0 Å². The van der Waals surface area contributed by atoms with Gasteiger partial charge in [0.05, 0.1) is 0 Å². The Kier molecular flexibility index (Phi) is 14.8. The summed E-state index contributed by atoms with van der Waals surface area (Å²) in [6.45, 7) is 35.8. The van der Waals surface area contributed by atoms with Crippen molar-refractivity contribution in [2.45, 2.75) is 252 Å². The predicted octanol–water partition coefficient (Wildman–Crippen LogP) is 13.4. The van der Waals surface area contributed by atoms with Crippen LogP contribution < -0.4 is 0 Å². The van der Waals surface area contributed by atoms with Crippen molar-refractivity contribution in [3.8, 4) is 0 Å². The predicted molar refractivity (Wildman–Crippen MR) is 223 cm³/mol. The molecule has 0 aromatic rings. The highest BCUT2D eigenvalue weighted by atomic mass is 15.3. The Morgan fingerprint density at radius 1 is 0.440 bits per heavy atom. The summed E-state index contributed by atoms with van der Waals surface area (Å²) in [6, 6.07) is 0. The normalized spacial score (nSPS) is 27.1. The molecular weight excluding hydrogens is 607 g/mol. The zero-order valence-corrected chi connectivity index (χ0v) is 37.6. The SMILES string of the molecule is CCCCCCCCCCCCCC(C1CC(C)(C)N(C)C(C)(C)C1)(C1CC(C)(C)N(C)C(C)(C)C1)C(CC)C1CC(C)(C)N(C)C(C)(C)C1. The van der Waals surface area contributed by atoms with Gasteiger partial charge in [-0.05, 0) is 178 Å². The van der Waals surface area contributed by atoms with E-state index >= 15 is 0 Å². The summed E-state index contributed by atoms with van der Waals surface area (Å²) in [5.74, 6) is 3.04. The van der Waals surface area contributed by atoms with Gasteiger partial charge in [-0.25, -0.2) is 0 Å². The molecule has 0 radical (unpaired) electrons. The first-order chi connectivity index (χ1) is 22.9. The van der Waals surface area contributed by atoms with Crippen LogP contribution in [0.3, 0.4) is 0 Å². The minimum Gasteiger partial charge on any atom is -0.296 e. The number of hydrogen-bond acceptors (Lipinski definition) is 3. The molecule has 0 aromatic heterocycles. The highest BCUT2D eigenvalue weighted by molar-refractivity contribution is 5.13. The summed E-state index contributed by atoms with van der Waals surface area (Å²) < 4.78 is 0. The number of piperidine rings is 3. The third-order valence-corrected chi connectivity index (χ3v) is 16.4. The van der Waals surface area contributed by atoms with Gasteiger partial charge in [-0.1, -0.05) is 90.9 Å². The quantitative estimate of drug-likeness (QED) is 0.140. The number of rotatable bonds is 17. The molecule has 0 spiro atoms. The molecule has 50 heavy (non-hydrogen) atoms. The maximum absolute atomic E-state index is 2.76. The summed E-state index contributed by atoms with van der Waals surface area (Å²) in [6.07, 6.45) is 26.6. The average Bonchev–Trinajstić information content (AvgIpc) is 2.98. The van der Waals surface area contributed by atoms with Crippen molar-refractivity contribution in [1.29, 1.82) is 0 Å². The lowest BCUT2D eigenvalue weighted by Gasteiger charge is -2.67. The van der Waals surface area contributed by atoms with Gasteiger partial charge >= 0.3 is 0 Å². The Bertz CT molecular complexity index is 937. The van der Waals surface area contributed by atoms with Crippen LogP contribution in [0, 0.1) is 29.1 Å². The van der Waals surface area contributed by atoms with Gasteiger partial charge in [0.15, 0.2) is 0 Å². The number of hydrogen-bond donors (Lipinski definition) is 0.